The Morgan fingerprint density at radius 1 is 1.08 bits per heavy atom. The van der Waals surface area contributed by atoms with E-state index >= 15 is 0 Å². The van der Waals surface area contributed by atoms with Crippen molar-refractivity contribution in [1.29, 1.82) is 0 Å². The summed E-state index contributed by atoms with van der Waals surface area (Å²) in [6, 6.07) is 5.77. The number of aryl methyl sites for hydroxylation is 1. The molecule has 206 valence electrons. The molecular weight excluding hydrogens is 725 g/mol. The van der Waals surface area contributed by atoms with Gasteiger partial charge in [0.25, 0.3) is 0 Å². The van der Waals surface area contributed by atoms with E-state index in [1.54, 1.807) is 38.1 Å². The molecule has 2 aromatic rings. The molecule has 1 saturated carbocycles. The van der Waals surface area contributed by atoms with Crippen LogP contribution < -0.4 is 5.32 Å². The van der Waals surface area contributed by atoms with E-state index < -0.39 is 41.5 Å². The molecular formula is C28H30F3I2NO4. The second-order valence-corrected chi connectivity index (χ2v) is 12.3. The molecule has 1 aliphatic rings. The van der Waals surface area contributed by atoms with Gasteiger partial charge in [-0.1, -0.05) is 36.8 Å². The SMILES string of the molecule is CC[C@H](CC(=O)[C@H](Cc1cc(I)c(O)c(I)c1)N[C@@H](c1ccc(C)cc1)C(F)(F)F)C(=O)C(=O)CC1CC1. The summed E-state index contributed by atoms with van der Waals surface area (Å²) in [5.41, 5.74) is 1.34. The van der Waals surface area contributed by atoms with Gasteiger partial charge in [0.1, 0.15) is 11.8 Å². The smallest absolute Gasteiger partial charge is 0.407 e. The minimum atomic E-state index is -4.69. The van der Waals surface area contributed by atoms with Crippen molar-refractivity contribution in [3.63, 3.8) is 0 Å². The van der Waals surface area contributed by atoms with Crippen LogP contribution in [-0.4, -0.2) is 34.7 Å². The molecule has 0 amide bonds. The molecule has 10 heteroatoms. The van der Waals surface area contributed by atoms with Crippen LogP contribution in [-0.2, 0) is 20.8 Å². The number of ketones is 3. The summed E-state index contributed by atoms with van der Waals surface area (Å²) in [6.45, 7) is 3.46. The summed E-state index contributed by atoms with van der Waals surface area (Å²) in [5.74, 6) is -2.29. The highest BCUT2D eigenvalue weighted by molar-refractivity contribution is 14.1. The first-order valence-electron chi connectivity index (χ1n) is 12.5. The Bertz CT molecular complexity index is 1160. The van der Waals surface area contributed by atoms with Gasteiger partial charge < -0.3 is 5.11 Å². The Hall–Kier alpha value is -1.54. The normalized spacial score (nSPS) is 16.1. The Labute approximate surface area is 247 Å². The highest BCUT2D eigenvalue weighted by atomic mass is 127. The molecule has 3 atom stereocenters. The number of Topliss-reactive ketones (excluding diaryl/α,β-unsaturated/α-hetero) is 3. The molecule has 38 heavy (non-hydrogen) atoms. The zero-order valence-corrected chi connectivity index (χ0v) is 25.4. The maximum atomic E-state index is 14.2. The zero-order chi connectivity index (χ0) is 28.2. The summed E-state index contributed by atoms with van der Waals surface area (Å²) < 4.78 is 43.7. The molecule has 1 aliphatic carbocycles. The van der Waals surface area contributed by atoms with Crippen molar-refractivity contribution in [2.24, 2.45) is 11.8 Å². The lowest BCUT2D eigenvalue weighted by Gasteiger charge is -2.28. The van der Waals surface area contributed by atoms with Crippen molar-refractivity contribution >= 4 is 62.5 Å². The average Bonchev–Trinajstić information content (AvgIpc) is 3.66. The number of alkyl halides is 3. The second-order valence-electron chi connectivity index (χ2n) is 9.93. The maximum Gasteiger partial charge on any atom is 0.407 e. The standard InChI is InChI=1S/C28H30F3I2NO4/c1-3-18(25(37)24(36)13-16-6-7-16)14-23(35)22(12-17-10-20(32)26(38)21(33)11-17)34-27(28(29,30)31)19-8-4-15(2)5-9-19/h4-5,8-11,16,18,22,27,34,38H,3,6-7,12-14H2,1-2H3/t18-,22+,27+/m1/s1. The highest BCUT2D eigenvalue weighted by Gasteiger charge is 2.43. The molecule has 2 aromatic carbocycles. The molecule has 0 spiro atoms. The highest BCUT2D eigenvalue weighted by Crippen LogP contribution is 2.35. The molecule has 0 bridgehead atoms. The Balaban J connectivity index is 1.90. The van der Waals surface area contributed by atoms with E-state index in [-0.39, 0.29) is 42.9 Å². The van der Waals surface area contributed by atoms with E-state index in [1.165, 1.54) is 12.1 Å². The summed E-state index contributed by atoms with van der Waals surface area (Å²) in [7, 11) is 0. The van der Waals surface area contributed by atoms with E-state index in [9.17, 15) is 32.7 Å². The van der Waals surface area contributed by atoms with Crippen LogP contribution in [0.2, 0.25) is 0 Å². The van der Waals surface area contributed by atoms with Gasteiger partial charge in [-0.25, -0.2) is 0 Å². The van der Waals surface area contributed by atoms with Gasteiger partial charge in [-0.05, 0) is 107 Å². The number of phenolic OH excluding ortho intramolecular Hbond substituents is 1. The Morgan fingerprint density at radius 2 is 1.66 bits per heavy atom. The molecule has 1 fully saturated rings. The van der Waals surface area contributed by atoms with Crippen LogP contribution in [0.25, 0.3) is 0 Å². The lowest BCUT2D eigenvalue weighted by Crippen LogP contribution is -2.46. The molecule has 0 radical (unpaired) electrons. The van der Waals surface area contributed by atoms with Crippen molar-refractivity contribution in [3.8, 4) is 5.75 Å². The number of aromatic hydroxyl groups is 1. The number of hydrogen-bond donors (Lipinski definition) is 2. The number of halogens is 5. The number of phenols is 1. The average molecular weight is 755 g/mol. The van der Waals surface area contributed by atoms with Crippen LogP contribution in [0.15, 0.2) is 36.4 Å². The third-order valence-corrected chi connectivity index (χ3v) is 8.41. The van der Waals surface area contributed by atoms with Crippen LogP contribution in [0.5, 0.6) is 5.75 Å². The quantitative estimate of drug-likeness (QED) is 0.177. The van der Waals surface area contributed by atoms with Crippen LogP contribution in [0.4, 0.5) is 13.2 Å². The van der Waals surface area contributed by atoms with Gasteiger partial charge in [0.05, 0.1) is 13.2 Å². The van der Waals surface area contributed by atoms with Gasteiger partial charge in [0.15, 0.2) is 11.6 Å². The number of carbonyl (C=O) groups is 3. The first-order valence-corrected chi connectivity index (χ1v) is 14.6. The van der Waals surface area contributed by atoms with E-state index in [1.807, 2.05) is 45.2 Å². The molecule has 0 aliphatic heterocycles. The van der Waals surface area contributed by atoms with Crippen LogP contribution in [0.3, 0.4) is 0 Å². The van der Waals surface area contributed by atoms with Crippen molar-refractivity contribution < 1.29 is 32.7 Å². The number of nitrogens with one attached hydrogen (secondary N) is 1. The van der Waals surface area contributed by atoms with E-state index in [4.69, 9.17) is 0 Å². The lowest BCUT2D eigenvalue weighted by molar-refractivity contribution is -0.160. The van der Waals surface area contributed by atoms with Crippen LogP contribution in [0.1, 0.15) is 61.8 Å². The van der Waals surface area contributed by atoms with E-state index in [0.717, 1.165) is 18.4 Å². The fourth-order valence-electron chi connectivity index (χ4n) is 4.30. The summed E-state index contributed by atoms with van der Waals surface area (Å²) in [4.78, 5) is 38.7. The van der Waals surface area contributed by atoms with E-state index in [2.05, 4.69) is 5.32 Å². The van der Waals surface area contributed by atoms with Gasteiger partial charge >= 0.3 is 6.18 Å². The Kier molecular flexibility index (Phi) is 10.8. The fraction of sp³-hybridized carbons (Fsp3) is 0.464. The van der Waals surface area contributed by atoms with Crippen molar-refractivity contribution in [2.75, 3.05) is 0 Å². The first kappa shape index (κ1) is 31.0. The van der Waals surface area contributed by atoms with Crippen LogP contribution in [0, 0.1) is 25.9 Å². The van der Waals surface area contributed by atoms with Gasteiger partial charge in [-0.15, -0.1) is 0 Å². The third kappa shape index (κ3) is 8.48. The molecule has 0 heterocycles. The van der Waals surface area contributed by atoms with Crippen LogP contribution >= 0.6 is 45.2 Å². The molecule has 3 rings (SSSR count). The largest absolute Gasteiger partial charge is 0.506 e. The molecule has 2 N–H and O–H groups in total. The summed E-state index contributed by atoms with van der Waals surface area (Å²) in [5, 5.41) is 12.6. The monoisotopic (exact) mass is 755 g/mol. The minimum Gasteiger partial charge on any atom is -0.506 e. The second kappa shape index (κ2) is 13.2. The van der Waals surface area contributed by atoms with Crippen molar-refractivity contribution in [3.05, 3.63) is 60.2 Å². The van der Waals surface area contributed by atoms with Gasteiger partial charge in [0, 0.05) is 18.8 Å². The van der Waals surface area contributed by atoms with Crippen molar-refractivity contribution in [1.82, 2.24) is 5.32 Å². The number of rotatable bonds is 13. The lowest BCUT2D eigenvalue weighted by atomic mass is 9.87. The summed E-state index contributed by atoms with van der Waals surface area (Å²) in [6.07, 6.45) is -2.88. The Morgan fingerprint density at radius 3 is 2.16 bits per heavy atom. The maximum absolute atomic E-state index is 14.2. The van der Waals surface area contributed by atoms with Gasteiger partial charge in [-0.3, -0.25) is 19.7 Å². The number of carbonyl (C=O) groups excluding carboxylic acids is 3. The number of hydrogen-bond acceptors (Lipinski definition) is 5. The topological polar surface area (TPSA) is 83.5 Å². The fourth-order valence-corrected chi connectivity index (χ4v) is 6.19. The van der Waals surface area contributed by atoms with Gasteiger partial charge in [0.2, 0.25) is 5.78 Å². The van der Waals surface area contributed by atoms with E-state index in [0.29, 0.717) is 12.7 Å². The summed E-state index contributed by atoms with van der Waals surface area (Å²) >= 11 is 3.85. The predicted octanol–water partition coefficient (Wildman–Crippen LogP) is 6.64. The molecule has 0 unspecified atom stereocenters. The third-order valence-electron chi connectivity index (χ3n) is 6.77. The van der Waals surface area contributed by atoms with Crippen molar-refractivity contribution in [2.45, 2.75) is 70.6 Å². The van der Waals surface area contributed by atoms with Gasteiger partial charge in [-0.2, -0.15) is 13.2 Å². The first-order chi connectivity index (χ1) is 17.8. The minimum absolute atomic E-state index is 0.0292. The zero-order valence-electron chi connectivity index (χ0n) is 21.1. The molecule has 0 aromatic heterocycles. The molecule has 0 saturated heterocycles. The number of benzene rings is 2. The predicted molar refractivity (Wildman–Crippen MR) is 155 cm³/mol. The molecule has 5 nitrogen and oxygen atoms in total.